The molecule has 0 saturated carbocycles. The summed E-state index contributed by atoms with van der Waals surface area (Å²) in [7, 11) is 1.63. The van der Waals surface area contributed by atoms with Gasteiger partial charge in [-0.05, 0) is 24.1 Å². The van der Waals surface area contributed by atoms with Gasteiger partial charge >= 0.3 is 0 Å². The predicted molar refractivity (Wildman–Crippen MR) is 93.0 cm³/mol. The molecule has 0 aliphatic heterocycles. The van der Waals surface area contributed by atoms with Gasteiger partial charge in [-0.2, -0.15) is 0 Å². The van der Waals surface area contributed by atoms with Crippen LogP contribution in [0.15, 0.2) is 59.8 Å². The summed E-state index contributed by atoms with van der Waals surface area (Å²) in [6, 6.07) is 18.0. The van der Waals surface area contributed by atoms with E-state index in [0.717, 1.165) is 23.5 Å². The van der Waals surface area contributed by atoms with Crippen molar-refractivity contribution in [3.05, 3.63) is 60.2 Å². The van der Waals surface area contributed by atoms with E-state index in [1.165, 1.54) is 10.2 Å². The molecule has 0 fully saturated rings. The van der Waals surface area contributed by atoms with Gasteiger partial charge in [0.05, 0.1) is 12.7 Å². The maximum absolute atomic E-state index is 6.15. The van der Waals surface area contributed by atoms with Gasteiger partial charge < -0.3 is 10.6 Å². The van der Waals surface area contributed by atoms with E-state index in [-0.39, 0.29) is 0 Å². The summed E-state index contributed by atoms with van der Waals surface area (Å²) in [4.78, 5) is 0. The van der Waals surface area contributed by atoms with Crippen molar-refractivity contribution in [2.45, 2.75) is 11.6 Å². The summed E-state index contributed by atoms with van der Waals surface area (Å²) >= 11 is 1.59. The van der Waals surface area contributed by atoms with E-state index < -0.39 is 0 Å². The lowest BCUT2D eigenvalue weighted by Gasteiger charge is -2.07. The molecular formula is C17H18N4OS. The zero-order valence-electron chi connectivity index (χ0n) is 12.8. The zero-order chi connectivity index (χ0) is 16.1. The second kappa shape index (κ2) is 7.19. The molecule has 5 nitrogen and oxygen atoms in total. The molecule has 118 valence electrons. The summed E-state index contributed by atoms with van der Waals surface area (Å²) in [6.45, 7) is 0. The van der Waals surface area contributed by atoms with Crippen molar-refractivity contribution in [2.75, 3.05) is 18.7 Å². The topological polar surface area (TPSA) is 66.0 Å². The van der Waals surface area contributed by atoms with Crippen LogP contribution in [0.5, 0.6) is 5.75 Å². The van der Waals surface area contributed by atoms with Gasteiger partial charge in [0, 0.05) is 5.75 Å². The van der Waals surface area contributed by atoms with Crippen molar-refractivity contribution in [3.63, 3.8) is 0 Å². The third-order valence-corrected chi connectivity index (χ3v) is 4.42. The molecule has 3 rings (SSSR count). The van der Waals surface area contributed by atoms with Crippen molar-refractivity contribution in [3.8, 4) is 17.1 Å². The lowest BCUT2D eigenvalue weighted by molar-refractivity contribution is 0.416. The van der Waals surface area contributed by atoms with Gasteiger partial charge in [0.15, 0.2) is 5.82 Å². The van der Waals surface area contributed by atoms with E-state index in [0.29, 0.717) is 11.0 Å². The van der Waals surface area contributed by atoms with Crippen molar-refractivity contribution < 1.29 is 4.74 Å². The molecule has 1 heterocycles. The smallest absolute Gasteiger partial charge is 0.210 e. The van der Waals surface area contributed by atoms with Crippen LogP contribution in [0.1, 0.15) is 5.56 Å². The van der Waals surface area contributed by atoms with Crippen LogP contribution in [-0.2, 0) is 6.42 Å². The highest BCUT2D eigenvalue weighted by Gasteiger charge is 2.15. The first-order chi connectivity index (χ1) is 11.3. The Morgan fingerprint density at radius 2 is 1.78 bits per heavy atom. The molecule has 6 heteroatoms. The van der Waals surface area contributed by atoms with Gasteiger partial charge in [-0.3, -0.25) is 0 Å². The number of nitrogens with two attached hydrogens (primary N) is 1. The molecule has 0 saturated heterocycles. The first-order valence-electron chi connectivity index (χ1n) is 7.30. The van der Waals surface area contributed by atoms with Crippen molar-refractivity contribution in [2.24, 2.45) is 0 Å². The predicted octanol–water partition coefficient (Wildman–Crippen LogP) is 3.00. The average molecular weight is 326 g/mol. The lowest BCUT2D eigenvalue weighted by atomic mass is 10.2. The minimum atomic E-state index is 0.602. The number of ether oxygens (including phenoxy) is 1. The van der Waals surface area contributed by atoms with E-state index in [4.69, 9.17) is 10.6 Å². The Balaban J connectivity index is 1.72. The van der Waals surface area contributed by atoms with Gasteiger partial charge in [0.25, 0.3) is 0 Å². The van der Waals surface area contributed by atoms with Crippen LogP contribution in [0.2, 0.25) is 0 Å². The Labute approximate surface area is 139 Å². The molecule has 1 aromatic heterocycles. The number of thioether (sulfide) groups is 1. The quantitative estimate of drug-likeness (QED) is 0.557. The van der Waals surface area contributed by atoms with Crippen LogP contribution in [0.4, 0.5) is 0 Å². The molecule has 3 aromatic rings. The molecule has 2 N–H and O–H groups in total. The molecular weight excluding hydrogens is 308 g/mol. The Morgan fingerprint density at radius 1 is 1.04 bits per heavy atom. The highest BCUT2D eigenvalue weighted by molar-refractivity contribution is 7.99. The number of aryl methyl sites for hydroxylation is 1. The van der Waals surface area contributed by atoms with Crippen LogP contribution < -0.4 is 10.6 Å². The molecule has 0 bridgehead atoms. The monoisotopic (exact) mass is 326 g/mol. The minimum Gasteiger partial charge on any atom is -0.496 e. The SMILES string of the molecule is COc1ccccc1-c1nnc(SCCc2ccccc2)n1N. The number of benzene rings is 2. The van der Waals surface area contributed by atoms with E-state index >= 15 is 0 Å². The maximum atomic E-state index is 6.15. The van der Waals surface area contributed by atoms with E-state index in [2.05, 4.69) is 22.3 Å². The van der Waals surface area contributed by atoms with Crippen molar-refractivity contribution in [1.29, 1.82) is 0 Å². The fraction of sp³-hybridized carbons (Fsp3) is 0.176. The Bertz CT molecular complexity index is 773. The zero-order valence-corrected chi connectivity index (χ0v) is 13.7. The normalized spacial score (nSPS) is 10.7. The van der Waals surface area contributed by atoms with Crippen LogP contribution in [0, 0.1) is 0 Å². The van der Waals surface area contributed by atoms with Gasteiger partial charge in [-0.1, -0.05) is 54.2 Å². The maximum Gasteiger partial charge on any atom is 0.210 e. The fourth-order valence-corrected chi connectivity index (χ4v) is 3.14. The Morgan fingerprint density at radius 3 is 2.57 bits per heavy atom. The molecule has 0 radical (unpaired) electrons. The highest BCUT2D eigenvalue weighted by Crippen LogP contribution is 2.29. The fourth-order valence-electron chi connectivity index (χ4n) is 2.29. The summed E-state index contributed by atoms with van der Waals surface area (Å²) in [6.07, 6.45) is 0.961. The molecule has 0 atom stereocenters. The minimum absolute atomic E-state index is 0.602. The summed E-state index contributed by atoms with van der Waals surface area (Å²) in [5.41, 5.74) is 2.13. The molecule has 0 spiro atoms. The van der Waals surface area contributed by atoms with E-state index in [1.54, 1.807) is 18.9 Å². The van der Waals surface area contributed by atoms with Crippen LogP contribution >= 0.6 is 11.8 Å². The number of nitrogen functional groups attached to an aromatic ring is 1. The largest absolute Gasteiger partial charge is 0.496 e. The third kappa shape index (κ3) is 3.48. The molecule has 0 unspecified atom stereocenters. The van der Waals surface area contributed by atoms with Crippen LogP contribution in [0.3, 0.4) is 0 Å². The van der Waals surface area contributed by atoms with Gasteiger partial charge in [0.2, 0.25) is 5.16 Å². The number of methoxy groups -OCH3 is 1. The van der Waals surface area contributed by atoms with Crippen LogP contribution in [-0.4, -0.2) is 27.7 Å². The van der Waals surface area contributed by atoms with Crippen molar-refractivity contribution in [1.82, 2.24) is 14.9 Å². The molecule has 23 heavy (non-hydrogen) atoms. The third-order valence-electron chi connectivity index (χ3n) is 3.48. The lowest BCUT2D eigenvalue weighted by Crippen LogP contribution is -2.12. The van der Waals surface area contributed by atoms with E-state index in [1.807, 2.05) is 42.5 Å². The number of hydrogen-bond donors (Lipinski definition) is 1. The van der Waals surface area contributed by atoms with Gasteiger partial charge in [-0.15, -0.1) is 10.2 Å². The number of rotatable bonds is 6. The van der Waals surface area contributed by atoms with Gasteiger partial charge in [0.1, 0.15) is 5.75 Å². The molecule has 0 aliphatic rings. The first-order valence-corrected chi connectivity index (χ1v) is 8.28. The number of aromatic nitrogens is 3. The van der Waals surface area contributed by atoms with Crippen molar-refractivity contribution >= 4 is 11.8 Å². The number of para-hydroxylation sites is 1. The Hall–Kier alpha value is -2.47. The molecule has 0 amide bonds. The number of hydrogen-bond acceptors (Lipinski definition) is 5. The standard InChI is InChI=1S/C17H18N4OS/c1-22-15-10-6-5-9-14(15)16-19-20-17(21(16)18)23-12-11-13-7-3-2-4-8-13/h2-10H,11-12,18H2,1H3. The van der Waals surface area contributed by atoms with E-state index in [9.17, 15) is 0 Å². The molecule has 2 aromatic carbocycles. The highest BCUT2D eigenvalue weighted by atomic mass is 32.2. The van der Waals surface area contributed by atoms with Crippen LogP contribution in [0.25, 0.3) is 11.4 Å². The average Bonchev–Trinajstić information content (AvgIpc) is 2.96. The first kappa shape index (κ1) is 15.4. The summed E-state index contributed by atoms with van der Waals surface area (Å²) in [5.74, 6) is 8.38. The second-order valence-electron chi connectivity index (χ2n) is 4.96. The summed E-state index contributed by atoms with van der Waals surface area (Å²) in [5, 5.41) is 9.10. The Kier molecular flexibility index (Phi) is 4.83. The summed E-state index contributed by atoms with van der Waals surface area (Å²) < 4.78 is 6.88. The number of nitrogens with zero attached hydrogens (tertiary/aromatic N) is 3. The molecule has 0 aliphatic carbocycles. The van der Waals surface area contributed by atoms with Gasteiger partial charge in [-0.25, -0.2) is 4.68 Å². The second-order valence-corrected chi connectivity index (χ2v) is 6.02.